The highest BCUT2D eigenvalue weighted by molar-refractivity contribution is 9.11. The number of unbranched alkanes of at least 4 members (excludes halogenated alkanes) is 2. The average Bonchev–Trinajstić information content (AvgIpc) is 2.89. The Balaban J connectivity index is 2.03. The number of halogens is 4. The van der Waals surface area contributed by atoms with Crippen molar-refractivity contribution in [3.8, 4) is 11.5 Å². The number of nitrogens with one attached hydrogen (secondary N) is 2. The van der Waals surface area contributed by atoms with Crippen LogP contribution >= 0.6 is 63.7 Å². The molecule has 0 aliphatic heterocycles. The lowest BCUT2D eigenvalue weighted by atomic mass is 9.78. The first kappa shape index (κ1) is 33.6. The van der Waals surface area contributed by atoms with Crippen LogP contribution in [0.5, 0.6) is 11.5 Å². The molecule has 0 atom stereocenters. The van der Waals surface area contributed by atoms with Crippen molar-refractivity contribution >= 4 is 75.5 Å². The lowest BCUT2D eigenvalue weighted by molar-refractivity contribution is -0.117. The Morgan fingerprint density at radius 2 is 1.05 bits per heavy atom. The fourth-order valence-electron chi connectivity index (χ4n) is 3.65. The lowest BCUT2D eigenvalue weighted by Gasteiger charge is -2.28. The zero-order valence-corrected chi connectivity index (χ0v) is 28.5. The van der Waals surface area contributed by atoms with Crippen molar-refractivity contribution < 1.29 is 19.1 Å². The van der Waals surface area contributed by atoms with Gasteiger partial charge in [0.2, 0.25) is 11.8 Å². The molecule has 0 aliphatic carbocycles. The second-order valence-corrected chi connectivity index (χ2v) is 12.7. The van der Waals surface area contributed by atoms with Gasteiger partial charge in [0.25, 0.3) is 0 Å². The van der Waals surface area contributed by atoms with Gasteiger partial charge in [0.15, 0.2) is 0 Å². The standard InChI is InChI=1S/C29H34Br4N2O4/c1-5-25(36)34-11-7-9-13-38-27-21(30)15-19(16-22(27)31)29(3,4)20-17-23(32)28(24(33)18-20)39-14-10-8-12-35-26(37)6-2/h5-6,15-18H,1-2,7-14H2,3-4H3,(H,34,36)(H,35,37). The Morgan fingerprint density at radius 1 is 0.718 bits per heavy atom. The van der Waals surface area contributed by atoms with Crippen LogP contribution in [-0.4, -0.2) is 38.1 Å². The molecule has 2 aromatic carbocycles. The summed E-state index contributed by atoms with van der Waals surface area (Å²) in [6, 6.07) is 8.34. The Morgan fingerprint density at radius 3 is 1.36 bits per heavy atom. The topological polar surface area (TPSA) is 76.7 Å². The molecule has 0 radical (unpaired) electrons. The van der Waals surface area contributed by atoms with Crippen LogP contribution < -0.4 is 20.1 Å². The van der Waals surface area contributed by atoms with Crippen molar-refractivity contribution in [3.63, 3.8) is 0 Å². The van der Waals surface area contributed by atoms with Crippen molar-refractivity contribution in [1.29, 1.82) is 0 Å². The highest BCUT2D eigenvalue weighted by atomic mass is 79.9. The maximum absolute atomic E-state index is 11.2. The van der Waals surface area contributed by atoms with E-state index in [9.17, 15) is 9.59 Å². The number of rotatable bonds is 16. The minimum atomic E-state index is -0.320. The first-order chi connectivity index (χ1) is 18.5. The van der Waals surface area contributed by atoms with Gasteiger partial charge in [-0.1, -0.05) is 27.0 Å². The molecule has 0 bridgehead atoms. The minimum absolute atomic E-state index is 0.163. The molecule has 0 heterocycles. The summed E-state index contributed by atoms with van der Waals surface area (Å²) in [6.07, 6.45) is 5.80. The van der Waals surface area contributed by atoms with Crippen molar-refractivity contribution in [2.45, 2.75) is 44.9 Å². The molecule has 2 aromatic rings. The molecule has 0 aromatic heterocycles. The van der Waals surface area contributed by atoms with Crippen molar-refractivity contribution in [2.75, 3.05) is 26.3 Å². The smallest absolute Gasteiger partial charge is 0.243 e. The van der Waals surface area contributed by atoms with Crippen molar-refractivity contribution in [1.82, 2.24) is 10.6 Å². The SMILES string of the molecule is C=CC(=O)NCCCCOc1c(Br)cc(C(C)(C)c2cc(Br)c(OCCCCNC(=O)C=C)c(Br)c2)cc1Br. The lowest BCUT2D eigenvalue weighted by Crippen LogP contribution is -2.22. The van der Waals surface area contributed by atoms with Crippen molar-refractivity contribution in [2.24, 2.45) is 0 Å². The molecular weight excluding hydrogens is 760 g/mol. The molecule has 2 N–H and O–H groups in total. The monoisotopic (exact) mass is 790 g/mol. The summed E-state index contributed by atoms with van der Waals surface area (Å²) < 4.78 is 15.5. The quantitative estimate of drug-likeness (QED) is 0.134. The highest BCUT2D eigenvalue weighted by Crippen LogP contribution is 2.44. The molecule has 2 amide bonds. The van der Waals surface area contributed by atoms with Gasteiger partial charge < -0.3 is 20.1 Å². The summed E-state index contributed by atoms with van der Waals surface area (Å²) in [5.41, 5.74) is 1.89. The van der Waals surface area contributed by atoms with E-state index in [1.807, 2.05) is 0 Å². The molecule has 0 fully saturated rings. The third kappa shape index (κ3) is 10.4. The van der Waals surface area contributed by atoms with Crippen LogP contribution in [0.2, 0.25) is 0 Å². The predicted molar refractivity (Wildman–Crippen MR) is 172 cm³/mol. The summed E-state index contributed by atoms with van der Waals surface area (Å²) >= 11 is 14.7. The molecule has 0 spiro atoms. The van der Waals surface area contributed by atoms with E-state index in [0.717, 1.165) is 66.2 Å². The van der Waals surface area contributed by atoms with Crippen LogP contribution in [0.3, 0.4) is 0 Å². The Kier molecular flexibility index (Phi) is 14.3. The van der Waals surface area contributed by atoms with E-state index < -0.39 is 0 Å². The summed E-state index contributed by atoms with van der Waals surface area (Å²) in [7, 11) is 0. The van der Waals surface area contributed by atoms with E-state index in [0.29, 0.717) is 26.3 Å². The third-order valence-electron chi connectivity index (χ3n) is 6.04. The Labute approximate surface area is 264 Å². The van der Waals surface area contributed by atoms with Gasteiger partial charge in [0.05, 0.1) is 31.1 Å². The number of carbonyl (C=O) groups is 2. The molecule has 212 valence electrons. The summed E-state index contributed by atoms with van der Waals surface area (Å²) in [4.78, 5) is 22.5. The number of hydrogen-bond donors (Lipinski definition) is 2. The zero-order chi connectivity index (χ0) is 29.0. The van der Waals surface area contributed by atoms with Crippen LogP contribution in [0, 0.1) is 0 Å². The fraction of sp³-hybridized carbons (Fsp3) is 0.379. The van der Waals surface area contributed by atoms with Crippen LogP contribution in [0.1, 0.15) is 50.7 Å². The summed E-state index contributed by atoms with van der Waals surface area (Å²) in [5.74, 6) is 1.17. The van der Waals surface area contributed by atoms with Crippen LogP contribution in [-0.2, 0) is 15.0 Å². The molecule has 2 rings (SSSR count). The molecule has 0 unspecified atom stereocenters. The van der Waals surface area contributed by atoms with Crippen LogP contribution in [0.4, 0.5) is 0 Å². The van der Waals surface area contributed by atoms with Crippen LogP contribution in [0.15, 0.2) is 67.5 Å². The van der Waals surface area contributed by atoms with E-state index in [2.05, 4.69) is 126 Å². The number of amides is 2. The number of benzene rings is 2. The Hall–Kier alpha value is -1.62. The second kappa shape index (κ2) is 16.6. The van der Waals surface area contributed by atoms with Gasteiger partial charge in [0.1, 0.15) is 11.5 Å². The van der Waals surface area contributed by atoms with E-state index in [1.54, 1.807) is 0 Å². The van der Waals surface area contributed by atoms with Gasteiger partial charge in [-0.15, -0.1) is 0 Å². The fourth-order valence-corrected chi connectivity index (χ4v) is 6.48. The largest absolute Gasteiger partial charge is 0.491 e. The molecule has 0 saturated carbocycles. The second-order valence-electron chi connectivity index (χ2n) is 9.26. The molecule has 0 saturated heterocycles. The van der Waals surface area contributed by atoms with Crippen LogP contribution in [0.25, 0.3) is 0 Å². The van der Waals surface area contributed by atoms with Gasteiger partial charge >= 0.3 is 0 Å². The summed E-state index contributed by atoms with van der Waals surface area (Å²) in [5, 5.41) is 5.53. The molecule has 0 aliphatic rings. The van der Waals surface area contributed by atoms with E-state index in [-0.39, 0.29) is 17.2 Å². The van der Waals surface area contributed by atoms with E-state index >= 15 is 0 Å². The molecule has 10 heteroatoms. The van der Waals surface area contributed by atoms with Crippen molar-refractivity contribution in [3.05, 3.63) is 78.6 Å². The van der Waals surface area contributed by atoms with Gasteiger partial charge in [-0.3, -0.25) is 9.59 Å². The molecular formula is C29H34Br4N2O4. The van der Waals surface area contributed by atoms with E-state index in [1.165, 1.54) is 12.2 Å². The van der Waals surface area contributed by atoms with Gasteiger partial charge in [-0.2, -0.15) is 0 Å². The number of carbonyl (C=O) groups excluding carboxylic acids is 2. The van der Waals surface area contributed by atoms with Gasteiger partial charge in [-0.25, -0.2) is 0 Å². The van der Waals surface area contributed by atoms with E-state index in [4.69, 9.17) is 9.47 Å². The average molecular weight is 794 g/mol. The Bertz CT molecular complexity index is 1050. The van der Waals surface area contributed by atoms with Gasteiger partial charge in [-0.05, 0) is 137 Å². The molecule has 39 heavy (non-hydrogen) atoms. The normalized spacial score (nSPS) is 11.0. The number of hydrogen-bond acceptors (Lipinski definition) is 4. The van der Waals surface area contributed by atoms with Gasteiger partial charge in [0, 0.05) is 18.5 Å². The predicted octanol–water partition coefficient (Wildman–Crippen LogP) is 7.98. The first-order valence-electron chi connectivity index (χ1n) is 12.6. The minimum Gasteiger partial charge on any atom is -0.491 e. The summed E-state index contributed by atoms with van der Waals surface area (Å²) in [6.45, 7) is 13.5. The molecule has 6 nitrogen and oxygen atoms in total. The maximum Gasteiger partial charge on any atom is 0.243 e. The first-order valence-corrected chi connectivity index (χ1v) is 15.7. The zero-order valence-electron chi connectivity index (χ0n) is 22.2. The third-order valence-corrected chi connectivity index (χ3v) is 8.40. The number of ether oxygens (including phenoxy) is 2. The maximum atomic E-state index is 11.2. The highest BCUT2D eigenvalue weighted by Gasteiger charge is 2.27.